The van der Waals surface area contributed by atoms with Crippen molar-refractivity contribution in [2.75, 3.05) is 23.9 Å². The molecule has 0 spiro atoms. The van der Waals surface area contributed by atoms with Gasteiger partial charge in [0.1, 0.15) is 23.7 Å². The Morgan fingerprint density at radius 2 is 2.06 bits per heavy atom. The molecule has 7 nitrogen and oxygen atoms in total. The fraction of sp³-hybridized carbons (Fsp3) is 0.296. The molecule has 1 unspecified atom stereocenters. The second kappa shape index (κ2) is 9.55. The first-order chi connectivity index (χ1) is 16.7. The Labute approximate surface area is 200 Å². The minimum Gasteiger partial charge on any atom is -0.496 e. The third-order valence-corrected chi connectivity index (χ3v) is 6.31. The molecule has 1 fully saturated rings. The average Bonchev–Trinajstić information content (AvgIpc) is 3.52. The van der Waals surface area contributed by atoms with Crippen LogP contribution in [0.5, 0.6) is 0 Å². The molecule has 1 saturated heterocycles. The number of allylic oxidation sites excluding steroid dienone is 1. The zero-order valence-electron chi connectivity index (χ0n) is 19.9. The van der Waals surface area contributed by atoms with Gasteiger partial charge in [0.25, 0.3) is 0 Å². The van der Waals surface area contributed by atoms with E-state index < -0.39 is 0 Å². The third kappa shape index (κ3) is 4.33. The summed E-state index contributed by atoms with van der Waals surface area (Å²) in [5.74, 6) is 2.67. The van der Waals surface area contributed by atoms with Gasteiger partial charge in [-0.2, -0.15) is 5.10 Å². The fourth-order valence-corrected chi connectivity index (χ4v) is 4.60. The van der Waals surface area contributed by atoms with Crippen molar-refractivity contribution in [1.82, 2.24) is 19.6 Å². The average molecular weight is 455 g/mol. The zero-order valence-corrected chi connectivity index (χ0v) is 19.9. The number of methoxy groups -OCH3 is 1. The van der Waals surface area contributed by atoms with Crippen LogP contribution in [0, 0.1) is 0 Å². The Bertz CT molecular complexity index is 1330. The highest BCUT2D eigenvalue weighted by Gasteiger charge is 2.21. The minimum atomic E-state index is 0.514. The van der Waals surface area contributed by atoms with Crippen LogP contribution in [0.25, 0.3) is 22.5 Å². The molecule has 4 aromatic rings. The van der Waals surface area contributed by atoms with E-state index in [2.05, 4.69) is 76.6 Å². The SMILES string of the molecule is CC/C=C(/OC)c1cccc(-c2cc(Nc3cccc(N4CCCC4C)n3)c3ncnn3c2)c1. The summed E-state index contributed by atoms with van der Waals surface area (Å²) in [6.07, 6.45) is 8.99. The number of rotatable bonds is 7. The van der Waals surface area contributed by atoms with Crippen LogP contribution >= 0.6 is 0 Å². The first kappa shape index (κ1) is 21.9. The molecule has 34 heavy (non-hydrogen) atoms. The van der Waals surface area contributed by atoms with Crippen molar-refractivity contribution in [2.24, 2.45) is 0 Å². The maximum atomic E-state index is 5.60. The molecule has 0 bridgehead atoms. The van der Waals surface area contributed by atoms with Crippen LogP contribution in [0.3, 0.4) is 0 Å². The first-order valence-electron chi connectivity index (χ1n) is 11.9. The Morgan fingerprint density at radius 1 is 1.18 bits per heavy atom. The molecule has 174 valence electrons. The highest BCUT2D eigenvalue weighted by molar-refractivity contribution is 5.80. The normalized spacial score (nSPS) is 16.3. The van der Waals surface area contributed by atoms with E-state index in [1.165, 1.54) is 12.8 Å². The number of ether oxygens (including phenoxy) is 1. The predicted octanol–water partition coefficient (Wildman–Crippen LogP) is 5.92. The van der Waals surface area contributed by atoms with Gasteiger partial charge in [-0.15, -0.1) is 0 Å². The quantitative estimate of drug-likeness (QED) is 0.350. The minimum absolute atomic E-state index is 0.514. The van der Waals surface area contributed by atoms with Gasteiger partial charge < -0.3 is 15.0 Å². The standard InChI is InChI=1S/C27H30N6O/c1-4-8-24(34-3)21-11-5-10-20(15-21)22-16-23(27-28-18-29-33(27)17-22)30-25-12-6-13-26(31-25)32-14-7-9-19(32)2/h5-6,8,10-13,15-19H,4,7,9,14H2,1-3H3,(H,30,31)/b24-8+. The second-order valence-electron chi connectivity index (χ2n) is 8.62. The molecule has 0 radical (unpaired) electrons. The van der Waals surface area contributed by atoms with Gasteiger partial charge in [-0.25, -0.2) is 14.5 Å². The van der Waals surface area contributed by atoms with Gasteiger partial charge in [0.15, 0.2) is 5.65 Å². The van der Waals surface area contributed by atoms with Crippen molar-refractivity contribution >= 4 is 28.7 Å². The van der Waals surface area contributed by atoms with E-state index >= 15 is 0 Å². The molecule has 1 atom stereocenters. The molecule has 0 saturated carbocycles. The Kier molecular flexibility index (Phi) is 6.16. The summed E-state index contributed by atoms with van der Waals surface area (Å²) in [5, 5.41) is 7.90. The summed E-state index contributed by atoms with van der Waals surface area (Å²) in [4.78, 5) is 11.7. The van der Waals surface area contributed by atoms with Crippen LogP contribution in [0.1, 0.15) is 38.7 Å². The fourth-order valence-electron chi connectivity index (χ4n) is 4.60. The van der Waals surface area contributed by atoms with Gasteiger partial charge in [0, 0.05) is 29.9 Å². The first-order valence-corrected chi connectivity index (χ1v) is 11.9. The van der Waals surface area contributed by atoms with E-state index in [1.54, 1.807) is 18.0 Å². The number of anilines is 3. The van der Waals surface area contributed by atoms with Crippen molar-refractivity contribution < 1.29 is 4.74 Å². The smallest absolute Gasteiger partial charge is 0.178 e. The maximum Gasteiger partial charge on any atom is 0.178 e. The van der Waals surface area contributed by atoms with Gasteiger partial charge >= 0.3 is 0 Å². The number of fused-ring (bicyclic) bond motifs is 1. The number of benzene rings is 1. The lowest BCUT2D eigenvalue weighted by molar-refractivity contribution is 0.369. The molecule has 1 aliphatic heterocycles. The highest BCUT2D eigenvalue weighted by Crippen LogP contribution is 2.30. The molecule has 0 amide bonds. The number of hydrogen-bond donors (Lipinski definition) is 1. The molecule has 1 N–H and O–H groups in total. The number of nitrogens with zero attached hydrogens (tertiary/aromatic N) is 5. The molecular formula is C27H30N6O. The molecule has 1 aliphatic rings. The molecule has 4 heterocycles. The summed E-state index contributed by atoms with van der Waals surface area (Å²) in [5.41, 5.74) is 4.76. The monoisotopic (exact) mass is 454 g/mol. The Morgan fingerprint density at radius 3 is 2.85 bits per heavy atom. The van der Waals surface area contributed by atoms with Crippen LogP contribution in [0.15, 0.2) is 67.1 Å². The Hall–Kier alpha value is -3.87. The summed E-state index contributed by atoms with van der Waals surface area (Å²) in [6.45, 7) is 5.41. The van der Waals surface area contributed by atoms with Crippen molar-refractivity contribution in [3.8, 4) is 11.1 Å². The molecule has 0 aliphatic carbocycles. The molecule has 7 heteroatoms. The van der Waals surface area contributed by atoms with Crippen LogP contribution in [0.4, 0.5) is 17.3 Å². The Balaban J connectivity index is 1.51. The van der Waals surface area contributed by atoms with Crippen molar-refractivity contribution in [3.63, 3.8) is 0 Å². The van der Waals surface area contributed by atoms with Crippen molar-refractivity contribution in [3.05, 3.63) is 72.7 Å². The molecule has 3 aromatic heterocycles. The topological polar surface area (TPSA) is 67.6 Å². The largest absolute Gasteiger partial charge is 0.496 e. The number of hydrogen-bond acceptors (Lipinski definition) is 6. The van der Waals surface area contributed by atoms with E-state index in [9.17, 15) is 0 Å². The van der Waals surface area contributed by atoms with Crippen LogP contribution in [-0.4, -0.2) is 39.3 Å². The van der Waals surface area contributed by atoms with Crippen molar-refractivity contribution in [2.45, 2.75) is 39.2 Å². The third-order valence-electron chi connectivity index (χ3n) is 6.31. The summed E-state index contributed by atoms with van der Waals surface area (Å²) in [7, 11) is 1.71. The van der Waals surface area contributed by atoms with Gasteiger partial charge in [-0.1, -0.05) is 31.2 Å². The highest BCUT2D eigenvalue weighted by atomic mass is 16.5. The number of aromatic nitrogens is 4. The van der Waals surface area contributed by atoms with Gasteiger partial charge in [0.05, 0.1) is 12.8 Å². The van der Waals surface area contributed by atoms with Gasteiger partial charge in [-0.3, -0.25) is 0 Å². The maximum absolute atomic E-state index is 5.60. The van der Waals surface area contributed by atoms with E-state index in [-0.39, 0.29) is 0 Å². The second-order valence-corrected chi connectivity index (χ2v) is 8.62. The summed E-state index contributed by atoms with van der Waals surface area (Å²) in [6, 6.07) is 17.1. The van der Waals surface area contributed by atoms with Gasteiger partial charge in [0.2, 0.25) is 0 Å². The van der Waals surface area contributed by atoms with Crippen LogP contribution in [0.2, 0.25) is 0 Å². The molecular weight excluding hydrogens is 424 g/mol. The van der Waals surface area contributed by atoms with Gasteiger partial charge in [-0.05, 0) is 62.1 Å². The lowest BCUT2D eigenvalue weighted by Gasteiger charge is -2.23. The van der Waals surface area contributed by atoms with E-state index in [0.29, 0.717) is 6.04 Å². The molecule has 5 rings (SSSR count). The van der Waals surface area contributed by atoms with E-state index in [1.807, 2.05) is 18.3 Å². The van der Waals surface area contributed by atoms with E-state index in [0.717, 1.165) is 58.4 Å². The number of pyridine rings is 2. The molecule has 1 aromatic carbocycles. The number of nitrogens with one attached hydrogen (secondary N) is 1. The lowest BCUT2D eigenvalue weighted by atomic mass is 10.0. The predicted molar refractivity (Wildman–Crippen MR) is 137 cm³/mol. The van der Waals surface area contributed by atoms with E-state index in [4.69, 9.17) is 9.72 Å². The lowest BCUT2D eigenvalue weighted by Crippen LogP contribution is -2.27. The summed E-state index contributed by atoms with van der Waals surface area (Å²) >= 11 is 0. The summed E-state index contributed by atoms with van der Waals surface area (Å²) < 4.78 is 7.40. The van der Waals surface area contributed by atoms with Crippen LogP contribution < -0.4 is 10.2 Å². The zero-order chi connectivity index (χ0) is 23.5. The van der Waals surface area contributed by atoms with Crippen molar-refractivity contribution in [1.29, 1.82) is 0 Å². The van der Waals surface area contributed by atoms with Crippen LogP contribution in [-0.2, 0) is 4.74 Å².